The second-order valence-corrected chi connectivity index (χ2v) is 19.5. The van der Waals surface area contributed by atoms with E-state index in [0.29, 0.717) is 19.4 Å². The van der Waals surface area contributed by atoms with Crippen molar-refractivity contribution in [1.82, 2.24) is 0 Å². The Labute approximate surface area is 412 Å². The molecule has 0 aromatic rings. The van der Waals surface area contributed by atoms with Crippen LogP contribution >= 0.6 is 0 Å². The van der Waals surface area contributed by atoms with E-state index in [4.69, 9.17) is 14.2 Å². The van der Waals surface area contributed by atoms with E-state index in [-0.39, 0.29) is 25.2 Å². The van der Waals surface area contributed by atoms with E-state index in [0.717, 1.165) is 64.2 Å². The Morgan fingerprint density at radius 1 is 0.348 bits per heavy atom. The summed E-state index contributed by atoms with van der Waals surface area (Å²) < 4.78 is 17.5. The first-order valence-corrected chi connectivity index (χ1v) is 29.2. The van der Waals surface area contributed by atoms with Crippen molar-refractivity contribution < 1.29 is 23.8 Å². The lowest BCUT2D eigenvalue weighted by Gasteiger charge is -2.18. The third-order valence-corrected chi connectivity index (χ3v) is 12.8. The Morgan fingerprint density at radius 2 is 0.682 bits per heavy atom. The lowest BCUT2D eigenvalue weighted by atomic mass is 10.0. The van der Waals surface area contributed by atoms with E-state index >= 15 is 0 Å². The summed E-state index contributed by atoms with van der Waals surface area (Å²) in [4.78, 5) is 25.5. The van der Waals surface area contributed by atoms with Crippen molar-refractivity contribution in [2.24, 2.45) is 0 Å². The summed E-state index contributed by atoms with van der Waals surface area (Å²) in [5.41, 5.74) is 0. The number of unbranched alkanes of at least 4 members (excludes halogenated alkanes) is 35. The van der Waals surface area contributed by atoms with Crippen molar-refractivity contribution >= 4 is 11.9 Å². The average molecular weight is 926 g/mol. The highest BCUT2D eigenvalue weighted by Gasteiger charge is 2.17. The second kappa shape index (κ2) is 57.2. The Morgan fingerprint density at radius 3 is 1.11 bits per heavy atom. The van der Waals surface area contributed by atoms with Crippen molar-refractivity contribution in [2.75, 3.05) is 19.8 Å². The normalized spacial score (nSPS) is 12.5. The number of ether oxygens (including phenoxy) is 3. The second-order valence-electron chi connectivity index (χ2n) is 19.5. The largest absolute Gasteiger partial charge is 0.462 e. The van der Waals surface area contributed by atoms with E-state index in [1.807, 2.05) is 0 Å². The highest BCUT2D eigenvalue weighted by molar-refractivity contribution is 5.70. The van der Waals surface area contributed by atoms with Crippen LogP contribution in [0.1, 0.15) is 303 Å². The maximum Gasteiger partial charge on any atom is 0.306 e. The summed E-state index contributed by atoms with van der Waals surface area (Å²) in [6.45, 7) is 7.76. The van der Waals surface area contributed by atoms with Crippen LogP contribution in [-0.4, -0.2) is 37.9 Å². The number of hydrogen-bond donors (Lipinski definition) is 0. The summed E-state index contributed by atoms with van der Waals surface area (Å²) in [6.07, 6.45) is 71.3. The predicted octanol–water partition coefficient (Wildman–Crippen LogP) is 19.9. The minimum Gasteiger partial charge on any atom is -0.462 e. The van der Waals surface area contributed by atoms with Crippen LogP contribution in [0.25, 0.3) is 0 Å². The first-order chi connectivity index (χ1) is 32.6. The molecule has 0 aliphatic carbocycles. The van der Waals surface area contributed by atoms with Crippen molar-refractivity contribution in [3.8, 4) is 0 Å². The van der Waals surface area contributed by atoms with Gasteiger partial charge in [-0.3, -0.25) is 9.59 Å². The van der Waals surface area contributed by atoms with Crippen LogP contribution < -0.4 is 0 Å². The molecule has 1 unspecified atom stereocenters. The van der Waals surface area contributed by atoms with Crippen LogP contribution in [0.15, 0.2) is 48.6 Å². The Hall–Kier alpha value is -2.14. The molecule has 0 amide bonds. The molecule has 0 aromatic carbocycles. The molecule has 0 rings (SSSR count). The van der Waals surface area contributed by atoms with E-state index in [2.05, 4.69) is 69.4 Å². The molecule has 5 heteroatoms. The fourth-order valence-electron chi connectivity index (χ4n) is 8.52. The van der Waals surface area contributed by atoms with Gasteiger partial charge in [-0.1, -0.05) is 262 Å². The molecule has 0 saturated carbocycles. The summed E-state index contributed by atoms with van der Waals surface area (Å²) in [6, 6.07) is 0. The average Bonchev–Trinajstić information content (AvgIpc) is 3.32. The molecule has 386 valence electrons. The number of hydrogen-bond acceptors (Lipinski definition) is 5. The van der Waals surface area contributed by atoms with Crippen LogP contribution in [0, 0.1) is 0 Å². The van der Waals surface area contributed by atoms with Gasteiger partial charge >= 0.3 is 11.9 Å². The fourth-order valence-corrected chi connectivity index (χ4v) is 8.52. The summed E-state index contributed by atoms with van der Waals surface area (Å²) in [5.74, 6) is -0.394. The third kappa shape index (κ3) is 54.5. The minimum atomic E-state index is -0.540. The lowest BCUT2D eigenvalue weighted by Crippen LogP contribution is -2.30. The van der Waals surface area contributed by atoms with Crippen molar-refractivity contribution in [3.05, 3.63) is 48.6 Å². The van der Waals surface area contributed by atoms with Gasteiger partial charge < -0.3 is 14.2 Å². The first kappa shape index (κ1) is 63.9. The highest BCUT2D eigenvalue weighted by Crippen LogP contribution is 2.16. The lowest BCUT2D eigenvalue weighted by molar-refractivity contribution is -0.163. The zero-order chi connectivity index (χ0) is 47.7. The van der Waals surface area contributed by atoms with Crippen molar-refractivity contribution in [2.45, 2.75) is 309 Å². The zero-order valence-electron chi connectivity index (χ0n) is 44.5. The van der Waals surface area contributed by atoms with Crippen molar-refractivity contribution in [3.63, 3.8) is 0 Å². The van der Waals surface area contributed by atoms with Gasteiger partial charge in [0.1, 0.15) is 6.61 Å². The molecular formula is C61H112O5. The maximum atomic E-state index is 12.9. The molecule has 0 fully saturated rings. The molecule has 0 N–H and O–H groups in total. The molecule has 0 aliphatic rings. The molecule has 0 aromatic heterocycles. The van der Waals surface area contributed by atoms with Gasteiger partial charge in [0.05, 0.1) is 6.61 Å². The van der Waals surface area contributed by atoms with Crippen LogP contribution in [-0.2, 0) is 23.8 Å². The fraction of sp³-hybridized carbons (Fsp3) is 0.836. The molecule has 5 nitrogen and oxygen atoms in total. The van der Waals surface area contributed by atoms with E-state index in [9.17, 15) is 9.59 Å². The molecule has 0 heterocycles. The van der Waals surface area contributed by atoms with Crippen LogP contribution in [0.3, 0.4) is 0 Å². The monoisotopic (exact) mass is 925 g/mol. The van der Waals surface area contributed by atoms with Crippen LogP contribution in [0.2, 0.25) is 0 Å². The molecule has 0 bridgehead atoms. The quantitative estimate of drug-likeness (QED) is 0.0345. The Kier molecular flexibility index (Phi) is 55.3. The van der Waals surface area contributed by atoms with Gasteiger partial charge in [0, 0.05) is 19.4 Å². The zero-order valence-corrected chi connectivity index (χ0v) is 44.5. The topological polar surface area (TPSA) is 61.8 Å². The van der Waals surface area contributed by atoms with Gasteiger partial charge in [-0.2, -0.15) is 0 Å². The van der Waals surface area contributed by atoms with Crippen LogP contribution in [0.4, 0.5) is 0 Å². The molecule has 0 saturated heterocycles. The number of esters is 2. The summed E-state index contributed by atoms with van der Waals surface area (Å²) >= 11 is 0. The molecule has 1 atom stereocenters. The predicted molar refractivity (Wildman–Crippen MR) is 288 cm³/mol. The van der Waals surface area contributed by atoms with Gasteiger partial charge in [0.25, 0.3) is 0 Å². The highest BCUT2D eigenvalue weighted by atomic mass is 16.6. The molecule has 0 radical (unpaired) electrons. The van der Waals surface area contributed by atoms with Gasteiger partial charge in [-0.05, 0) is 77.0 Å². The molecular weight excluding hydrogens is 813 g/mol. The minimum absolute atomic E-state index is 0.0841. The number of rotatable bonds is 54. The molecule has 0 aliphatic heterocycles. The third-order valence-electron chi connectivity index (χ3n) is 12.8. The van der Waals surface area contributed by atoms with Gasteiger partial charge in [-0.25, -0.2) is 0 Å². The molecule has 66 heavy (non-hydrogen) atoms. The van der Waals surface area contributed by atoms with E-state index < -0.39 is 6.10 Å². The van der Waals surface area contributed by atoms with Gasteiger partial charge in [-0.15, -0.1) is 0 Å². The Bertz CT molecular complexity index is 1090. The number of allylic oxidation sites excluding steroid dienone is 8. The molecule has 0 spiro atoms. The van der Waals surface area contributed by atoms with Gasteiger partial charge in [0.2, 0.25) is 0 Å². The first-order valence-electron chi connectivity index (χ1n) is 29.2. The Balaban J connectivity index is 4.24. The van der Waals surface area contributed by atoms with Crippen LogP contribution in [0.5, 0.6) is 0 Å². The van der Waals surface area contributed by atoms with E-state index in [1.165, 1.54) is 205 Å². The number of carbonyl (C=O) groups excluding carboxylic acids is 2. The standard InChI is InChI=1S/C61H112O5/c1-4-7-10-13-16-19-22-25-28-30-31-33-34-36-39-42-45-48-51-54-60(62)65-58-59(57-64-56-53-50-47-44-41-38-27-24-21-18-15-12-9-6-3)66-61(63)55-52-49-46-43-40-37-35-32-29-26-23-20-17-14-11-8-5-2/h8,11,17,20,25-26,28-29,59H,4-7,9-10,12-16,18-19,21-24,27,30-58H2,1-3H3/b11-8-,20-17-,28-25-,29-26-. The maximum absolute atomic E-state index is 12.9. The van der Waals surface area contributed by atoms with Gasteiger partial charge in [0.15, 0.2) is 6.10 Å². The summed E-state index contributed by atoms with van der Waals surface area (Å²) in [5, 5.41) is 0. The number of carbonyl (C=O) groups is 2. The smallest absolute Gasteiger partial charge is 0.306 e. The summed E-state index contributed by atoms with van der Waals surface area (Å²) in [7, 11) is 0. The van der Waals surface area contributed by atoms with Crippen molar-refractivity contribution in [1.29, 1.82) is 0 Å². The SMILES string of the molecule is CC/C=C\C/C=C\C/C=C\CCCCCCCCCC(=O)OC(COCCCCCCCCCCCCCCCC)COC(=O)CCCCCCCCCCC/C=C\CCCCCCCC. The van der Waals surface area contributed by atoms with E-state index in [1.54, 1.807) is 0 Å².